The molecule has 1 heterocycles. The number of nitrogens with one attached hydrogen (secondary N) is 1. The zero-order valence-corrected chi connectivity index (χ0v) is 18.8. The monoisotopic (exact) mass is 493 g/mol. The number of piperazine rings is 1. The van der Waals surface area contributed by atoms with E-state index in [1.165, 1.54) is 5.69 Å². The highest BCUT2D eigenvalue weighted by molar-refractivity contribution is 14.0. The number of guanidine groups is 1. The van der Waals surface area contributed by atoms with Gasteiger partial charge in [0, 0.05) is 48.8 Å². The van der Waals surface area contributed by atoms with Crippen LogP contribution in [0.25, 0.3) is 0 Å². The largest absolute Gasteiger partial charge is 0.370 e. The number of hydrogen-bond donors (Lipinski definition) is 2. The molecule has 0 atom stereocenters. The summed E-state index contributed by atoms with van der Waals surface area (Å²) in [4.78, 5) is 20.6. The van der Waals surface area contributed by atoms with Gasteiger partial charge in [0.05, 0.1) is 6.54 Å². The molecule has 2 rings (SSSR count). The molecule has 1 amide bonds. The van der Waals surface area contributed by atoms with Gasteiger partial charge in [-0.15, -0.1) is 24.0 Å². The van der Waals surface area contributed by atoms with Gasteiger partial charge >= 0.3 is 0 Å². The van der Waals surface area contributed by atoms with Crippen molar-refractivity contribution in [3.8, 4) is 0 Å². The molecule has 0 radical (unpaired) electrons. The van der Waals surface area contributed by atoms with Crippen molar-refractivity contribution < 1.29 is 4.79 Å². The minimum absolute atomic E-state index is 0. The zero-order chi connectivity index (χ0) is 18.4. The average molecular weight is 494 g/mol. The fraction of sp³-hybridized carbons (Fsp3) is 0.556. The Labute approximate surface area is 178 Å². The molecular formula is C18H29ClIN5O. The lowest BCUT2D eigenvalue weighted by Gasteiger charge is -2.36. The lowest BCUT2D eigenvalue weighted by atomic mass is 9.96. The van der Waals surface area contributed by atoms with Crippen LogP contribution in [-0.4, -0.2) is 56.0 Å². The first-order valence-electron chi connectivity index (χ1n) is 8.61. The SMILES string of the molecule is CC(C)(C)C(=O)NCCN=C(N)N1CCN(c2ccc(Cl)cc2)CC1.I. The lowest BCUT2D eigenvalue weighted by molar-refractivity contribution is -0.128. The van der Waals surface area contributed by atoms with Gasteiger partial charge < -0.3 is 20.9 Å². The van der Waals surface area contributed by atoms with Crippen molar-refractivity contribution in [2.24, 2.45) is 16.1 Å². The molecule has 26 heavy (non-hydrogen) atoms. The molecule has 0 aromatic heterocycles. The molecule has 0 aliphatic carbocycles. The van der Waals surface area contributed by atoms with Crippen molar-refractivity contribution in [1.82, 2.24) is 10.2 Å². The highest BCUT2D eigenvalue weighted by Gasteiger charge is 2.20. The number of amides is 1. The minimum Gasteiger partial charge on any atom is -0.370 e. The van der Waals surface area contributed by atoms with Crippen molar-refractivity contribution >= 4 is 53.1 Å². The fourth-order valence-electron chi connectivity index (χ4n) is 2.55. The van der Waals surface area contributed by atoms with E-state index in [0.29, 0.717) is 19.0 Å². The first-order chi connectivity index (χ1) is 11.8. The standard InChI is InChI=1S/C18H28ClN5O.HI/c1-18(2,3)16(25)21-8-9-22-17(20)24-12-10-23(11-13-24)15-6-4-14(19)5-7-15;/h4-7H,8-13H2,1-3H3,(H2,20,22)(H,21,25);1H. The Kier molecular flexibility index (Phi) is 8.95. The number of hydrogen-bond acceptors (Lipinski definition) is 3. The fourth-order valence-corrected chi connectivity index (χ4v) is 2.68. The number of nitrogens with zero attached hydrogens (tertiary/aromatic N) is 3. The smallest absolute Gasteiger partial charge is 0.225 e. The van der Waals surface area contributed by atoms with Crippen LogP contribution in [0.5, 0.6) is 0 Å². The van der Waals surface area contributed by atoms with E-state index < -0.39 is 0 Å². The second-order valence-corrected chi connectivity index (χ2v) is 7.63. The summed E-state index contributed by atoms with van der Waals surface area (Å²) in [5, 5.41) is 3.62. The highest BCUT2D eigenvalue weighted by atomic mass is 127. The van der Waals surface area contributed by atoms with Crippen molar-refractivity contribution in [2.75, 3.05) is 44.2 Å². The average Bonchev–Trinajstić information content (AvgIpc) is 2.58. The number of halogens is 2. The maximum absolute atomic E-state index is 11.8. The quantitative estimate of drug-likeness (QED) is 0.293. The number of carbonyl (C=O) groups is 1. The van der Waals surface area contributed by atoms with E-state index in [1.807, 2.05) is 45.0 Å². The molecule has 1 aromatic rings. The zero-order valence-electron chi connectivity index (χ0n) is 15.7. The molecule has 146 valence electrons. The molecule has 6 nitrogen and oxygen atoms in total. The van der Waals surface area contributed by atoms with Crippen LogP contribution in [0.15, 0.2) is 29.3 Å². The summed E-state index contributed by atoms with van der Waals surface area (Å²) in [7, 11) is 0. The van der Waals surface area contributed by atoms with Gasteiger partial charge in [0.15, 0.2) is 5.96 Å². The minimum atomic E-state index is -0.382. The van der Waals surface area contributed by atoms with Gasteiger partial charge in [0.25, 0.3) is 0 Å². The van der Waals surface area contributed by atoms with Crippen LogP contribution in [0, 0.1) is 5.41 Å². The number of benzene rings is 1. The molecule has 3 N–H and O–H groups in total. The number of nitrogens with two attached hydrogens (primary N) is 1. The molecule has 8 heteroatoms. The number of aliphatic imine (C=N–C) groups is 1. The third-order valence-electron chi connectivity index (χ3n) is 4.15. The van der Waals surface area contributed by atoms with Crippen LogP contribution in [0.1, 0.15) is 20.8 Å². The Morgan fingerprint density at radius 2 is 1.77 bits per heavy atom. The van der Waals surface area contributed by atoms with Gasteiger partial charge in [0.2, 0.25) is 5.91 Å². The molecule has 1 aliphatic heterocycles. The summed E-state index contributed by atoms with van der Waals surface area (Å²) in [5.74, 6) is 0.568. The first-order valence-corrected chi connectivity index (χ1v) is 8.99. The Morgan fingerprint density at radius 3 is 2.31 bits per heavy atom. The maximum Gasteiger partial charge on any atom is 0.225 e. The summed E-state index contributed by atoms with van der Waals surface area (Å²) in [5.41, 5.74) is 6.87. The van der Waals surface area contributed by atoms with E-state index in [4.69, 9.17) is 17.3 Å². The molecule has 1 fully saturated rings. The van der Waals surface area contributed by atoms with Gasteiger partial charge in [0.1, 0.15) is 0 Å². The van der Waals surface area contributed by atoms with Gasteiger partial charge in [-0.3, -0.25) is 9.79 Å². The van der Waals surface area contributed by atoms with Gasteiger partial charge in [-0.2, -0.15) is 0 Å². The molecule has 0 saturated carbocycles. The van der Waals surface area contributed by atoms with E-state index in [2.05, 4.69) is 20.1 Å². The van der Waals surface area contributed by atoms with E-state index in [9.17, 15) is 4.79 Å². The molecule has 0 spiro atoms. The van der Waals surface area contributed by atoms with Gasteiger partial charge in [-0.25, -0.2) is 0 Å². The van der Waals surface area contributed by atoms with Crippen LogP contribution >= 0.6 is 35.6 Å². The Hall–Kier alpha value is -1.22. The molecule has 0 unspecified atom stereocenters. The third kappa shape index (κ3) is 6.83. The topological polar surface area (TPSA) is 74.0 Å². The summed E-state index contributed by atoms with van der Waals surface area (Å²) < 4.78 is 0. The Morgan fingerprint density at radius 1 is 1.19 bits per heavy atom. The van der Waals surface area contributed by atoms with Crippen LogP contribution in [0.4, 0.5) is 5.69 Å². The van der Waals surface area contributed by atoms with Crippen molar-refractivity contribution in [2.45, 2.75) is 20.8 Å². The highest BCUT2D eigenvalue weighted by Crippen LogP contribution is 2.19. The van der Waals surface area contributed by atoms with Crippen molar-refractivity contribution in [3.05, 3.63) is 29.3 Å². The van der Waals surface area contributed by atoms with Crippen LogP contribution in [-0.2, 0) is 4.79 Å². The molecular weight excluding hydrogens is 465 g/mol. The molecule has 1 aromatic carbocycles. The summed E-state index contributed by atoms with van der Waals surface area (Å²) >= 11 is 5.93. The first kappa shape index (κ1) is 22.8. The third-order valence-corrected chi connectivity index (χ3v) is 4.40. The second kappa shape index (κ2) is 10.2. The van der Waals surface area contributed by atoms with Crippen LogP contribution in [0.2, 0.25) is 5.02 Å². The predicted molar refractivity (Wildman–Crippen MR) is 120 cm³/mol. The van der Waals surface area contributed by atoms with E-state index in [1.54, 1.807) is 0 Å². The number of rotatable bonds is 4. The molecule has 1 aliphatic rings. The Balaban J connectivity index is 0.00000338. The molecule has 1 saturated heterocycles. The summed E-state index contributed by atoms with van der Waals surface area (Å²) in [6.07, 6.45) is 0. The lowest BCUT2D eigenvalue weighted by Crippen LogP contribution is -2.51. The Bertz CT molecular complexity index is 607. The van der Waals surface area contributed by atoms with Crippen LogP contribution < -0.4 is 16.0 Å². The van der Waals surface area contributed by atoms with E-state index >= 15 is 0 Å². The summed E-state index contributed by atoms with van der Waals surface area (Å²) in [6, 6.07) is 7.89. The molecule has 0 bridgehead atoms. The van der Waals surface area contributed by atoms with Crippen LogP contribution in [0.3, 0.4) is 0 Å². The van der Waals surface area contributed by atoms with Crippen molar-refractivity contribution in [1.29, 1.82) is 0 Å². The second-order valence-electron chi connectivity index (χ2n) is 7.20. The van der Waals surface area contributed by atoms with Crippen molar-refractivity contribution in [3.63, 3.8) is 0 Å². The number of carbonyl (C=O) groups excluding carboxylic acids is 1. The van der Waals surface area contributed by atoms with Gasteiger partial charge in [-0.05, 0) is 24.3 Å². The van der Waals surface area contributed by atoms with Gasteiger partial charge in [-0.1, -0.05) is 32.4 Å². The maximum atomic E-state index is 11.8. The summed E-state index contributed by atoms with van der Waals surface area (Å²) in [6.45, 7) is 10.1. The number of anilines is 1. The normalized spacial score (nSPS) is 15.5. The predicted octanol–water partition coefficient (Wildman–Crippen LogP) is 2.56. The van der Waals surface area contributed by atoms with E-state index in [-0.39, 0.29) is 35.3 Å². The van der Waals surface area contributed by atoms with E-state index in [0.717, 1.165) is 31.2 Å².